The van der Waals surface area contributed by atoms with Crippen molar-refractivity contribution in [3.63, 3.8) is 0 Å². The molecule has 0 spiro atoms. The summed E-state index contributed by atoms with van der Waals surface area (Å²) in [6.45, 7) is 1.64. The van der Waals surface area contributed by atoms with Crippen molar-refractivity contribution in [1.82, 2.24) is 0 Å². The van der Waals surface area contributed by atoms with Gasteiger partial charge in [0.15, 0.2) is 12.6 Å². The second-order valence-corrected chi connectivity index (χ2v) is 12.2. The van der Waals surface area contributed by atoms with Gasteiger partial charge < -0.3 is 77.3 Å². The van der Waals surface area contributed by atoms with E-state index in [1.807, 2.05) is 0 Å². The van der Waals surface area contributed by atoms with Crippen LogP contribution in [0, 0.1) is 0 Å². The maximum atomic E-state index is 12.3. The molecule has 15 atom stereocenters. The number of carbonyl (C=O) groups excluding carboxylic acids is 1. The third-order valence-corrected chi connectivity index (χ3v) is 8.70. The van der Waals surface area contributed by atoms with Crippen molar-refractivity contribution in [3.05, 3.63) is 0 Å². The Hall–Kier alpha value is -1.09. The first kappa shape index (κ1) is 37.4. The number of aliphatic hydroxyl groups is 6. The first-order valence-corrected chi connectivity index (χ1v) is 15.7. The molecule has 2 saturated heterocycles. The lowest BCUT2D eigenvalue weighted by Crippen LogP contribution is -2.68. The van der Waals surface area contributed by atoms with Crippen LogP contribution in [0.1, 0.15) is 64.7 Å². The zero-order valence-corrected chi connectivity index (χ0v) is 25.4. The highest BCUT2D eigenvalue weighted by atomic mass is 16.7. The van der Waals surface area contributed by atoms with E-state index in [1.165, 1.54) is 19.3 Å². The lowest BCUT2D eigenvalue weighted by Gasteiger charge is -2.48. The predicted molar refractivity (Wildman–Crippen MR) is 154 cm³/mol. The predicted octanol–water partition coefficient (Wildman–Crippen LogP) is -3.60. The van der Waals surface area contributed by atoms with Crippen molar-refractivity contribution in [2.24, 2.45) is 22.9 Å². The Bertz CT molecular complexity index is 861. The molecule has 0 aromatic heterocycles. The fourth-order valence-corrected chi connectivity index (χ4v) is 5.86. The Labute approximate surface area is 257 Å². The molecule has 3 fully saturated rings. The molecule has 14 N–H and O–H groups in total. The van der Waals surface area contributed by atoms with Gasteiger partial charge in [-0.3, -0.25) is 4.79 Å². The molecule has 3 rings (SSSR count). The Morgan fingerprint density at radius 1 is 0.705 bits per heavy atom. The van der Waals surface area contributed by atoms with Crippen LogP contribution in [0.4, 0.5) is 0 Å². The van der Waals surface area contributed by atoms with Gasteiger partial charge in [-0.1, -0.05) is 45.4 Å². The number of nitrogens with two attached hydrogens (primary N) is 4. The summed E-state index contributed by atoms with van der Waals surface area (Å²) in [5, 5.41) is 63.1. The number of ether oxygens (including phenoxy) is 5. The Balaban J connectivity index is 1.57. The molecular formula is C28H54N4O12. The minimum Gasteiger partial charge on any atom is -0.463 e. The zero-order chi connectivity index (χ0) is 32.6. The highest BCUT2D eigenvalue weighted by Crippen LogP contribution is 2.31. The second-order valence-electron chi connectivity index (χ2n) is 12.2. The van der Waals surface area contributed by atoms with Gasteiger partial charge in [-0.05, 0) is 12.8 Å². The number of carbonyl (C=O) groups is 1. The Morgan fingerprint density at radius 2 is 1.25 bits per heavy atom. The fraction of sp³-hybridized carbons (Fsp3) is 0.964. The summed E-state index contributed by atoms with van der Waals surface area (Å²) < 4.78 is 28.2. The second kappa shape index (κ2) is 17.7. The van der Waals surface area contributed by atoms with Crippen LogP contribution < -0.4 is 22.9 Å². The summed E-state index contributed by atoms with van der Waals surface area (Å²) in [7, 11) is 0. The average molecular weight is 639 g/mol. The Morgan fingerprint density at radius 3 is 1.84 bits per heavy atom. The third-order valence-electron chi connectivity index (χ3n) is 8.70. The van der Waals surface area contributed by atoms with Gasteiger partial charge in [-0.2, -0.15) is 0 Å². The molecular weight excluding hydrogens is 584 g/mol. The van der Waals surface area contributed by atoms with Crippen LogP contribution in [0.15, 0.2) is 0 Å². The van der Waals surface area contributed by atoms with Gasteiger partial charge in [0.05, 0.1) is 6.04 Å². The summed E-state index contributed by atoms with van der Waals surface area (Å²) in [6.07, 6.45) is -9.25. The largest absolute Gasteiger partial charge is 0.463 e. The number of unbranched alkanes of at least 4 members (excludes halogenated alkanes) is 6. The molecule has 16 heteroatoms. The van der Waals surface area contributed by atoms with Crippen LogP contribution >= 0.6 is 0 Å². The number of esters is 1. The lowest BCUT2D eigenvalue weighted by molar-refractivity contribution is -0.332. The fourth-order valence-electron chi connectivity index (χ4n) is 5.86. The number of hydrogen-bond donors (Lipinski definition) is 10. The van der Waals surface area contributed by atoms with Crippen LogP contribution in [0.2, 0.25) is 0 Å². The van der Waals surface area contributed by atoms with E-state index in [0.717, 1.165) is 19.3 Å². The summed E-state index contributed by atoms with van der Waals surface area (Å²) in [5.74, 6) is -0.452. The van der Waals surface area contributed by atoms with Crippen molar-refractivity contribution in [1.29, 1.82) is 0 Å². The van der Waals surface area contributed by atoms with Gasteiger partial charge in [0.2, 0.25) is 0 Å². The first-order chi connectivity index (χ1) is 20.9. The van der Waals surface area contributed by atoms with Crippen molar-refractivity contribution in [3.8, 4) is 0 Å². The van der Waals surface area contributed by atoms with Crippen molar-refractivity contribution in [2.75, 3.05) is 13.2 Å². The molecule has 0 bridgehead atoms. The molecule has 0 aromatic carbocycles. The summed E-state index contributed by atoms with van der Waals surface area (Å²) in [5.41, 5.74) is 24.1. The molecule has 2 heterocycles. The average Bonchev–Trinajstić information content (AvgIpc) is 2.99. The van der Waals surface area contributed by atoms with Crippen molar-refractivity contribution >= 4 is 5.97 Å². The SMILES string of the molecule is CCCCCCCCCC(=O)OC[C@H]1OC(O[C@@H]2C(N)CC(N)C(O[C@H]3OC(CN)[C@@H](O)[C@H](O)C3O)[C@@H]2O)[C@H](O)[C@H](N)C1O. The molecule has 2 aliphatic heterocycles. The van der Waals surface area contributed by atoms with Crippen LogP contribution in [0.3, 0.4) is 0 Å². The quantitative estimate of drug-likeness (QED) is 0.0612. The van der Waals surface area contributed by atoms with Crippen LogP contribution in [-0.2, 0) is 28.5 Å². The molecule has 44 heavy (non-hydrogen) atoms. The highest BCUT2D eigenvalue weighted by Gasteiger charge is 2.51. The van der Waals surface area contributed by atoms with Gasteiger partial charge >= 0.3 is 5.97 Å². The maximum absolute atomic E-state index is 12.3. The van der Waals surface area contributed by atoms with Crippen LogP contribution in [0.5, 0.6) is 0 Å². The summed E-state index contributed by atoms with van der Waals surface area (Å²) in [6, 6.07) is -2.96. The first-order valence-electron chi connectivity index (χ1n) is 15.7. The molecule has 7 unspecified atom stereocenters. The van der Waals surface area contributed by atoms with E-state index < -0.39 is 97.7 Å². The molecule has 1 saturated carbocycles. The molecule has 16 nitrogen and oxygen atoms in total. The standard InChI is InChI=1S/C28H54N4O12/c1-2-3-4-5-6-7-8-9-17(33)40-12-16-19(34)18(32)21(36)27(42-16)43-25-13(30)10-14(31)26(24(25)39)44-28-23(38)22(37)20(35)15(11-29)41-28/h13-16,18-28,34-39H,2-12,29-32H2,1H3/t13?,14?,15?,16-,18-,19?,20-,21-,22+,23?,24-,25-,26?,27?,28-/m1/s1. The van der Waals surface area contributed by atoms with E-state index in [1.54, 1.807) is 0 Å². The molecule has 3 aliphatic rings. The maximum Gasteiger partial charge on any atom is 0.305 e. The molecule has 0 aromatic rings. The van der Waals surface area contributed by atoms with Gasteiger partial charge in [0.25, 0.3) is 0 Å². The molecule has 0 radical (unpaired) electrons. The monoisotopic (exact) mass is 638 g/mol. The zero-order valence-electron chi connectivity index (χ0n) is 25.4. The van der Waals surface area contributed by atoms with Crippen LogP contribution in [0.25, 0.3) is 0 Å². The van der Waals surface area contributed by atoms with E-state index in [0.29, 0.717) is 6.42 Å². The normalized spacial score (nSPS) is 43.1. The van der Waals surface area contributed by atoms with Crippen LogP contribution in [-0.4, -0.2) is 142 Å². The van der Waals surface area contributed by atoms with Gasteiger partial charge in [0, 0.05) is 25.0 Å². The topological polar surface area (TPSA) is 289 Å². The van der Waals surface area contributed by atoms with Gasteiger partial charge in [-0.25, -0.2) is 0 Å². The minimum atomic E-state index is -1.68. The van der Waals surface area contributed by atoms with E-state index in [2.05, 4.69) is 6.92 Å². The summed E-state index contributed by atoms with van der Waals surface area (Å²) >= 11 is 0. The van der Waals surface area contributed by atoms with Gasteiger partial charge in [-0.15, -0.1) is 0 Å². The number of hydrogen-bond acceptors (Lipinski definition) is 16. The third kappa shape index (κ3) is 9.48. The highest BCUT2D eigenvalue weighted by molar-refractivity contribution is 5.69. The smallest absolute Gasteiger partial charge is 0.305 e. The van der Waals surface area contributed by atoms with Gasteiger partial charge in [0.1, 0.15) is 67.6 Å². The lowest BCUT2D eigenvalue weighted by atomic mass is 9.84. The van der Waals surface area contributed by atoms with E-state index in [9.17, 15) is 35.4 Å². The van der Waals surface area contributed by atoms with E-state index in [-0.39, 0.29) is 26.0 Å². The summed E-state index contributed by atoms with van der Waals surface area (Å²) in [4.78, 5) is 12.3. The van der Waals surface area contributed by atoms with E-state index in [4.69, 9.17) is 46.6 Å². The Kier molecular flexibility index (Phi) is 15.1. The molecule has 0 amide bonds. The van der Waals surface area contributed by atoms with E-state index >= 15 is 0 Å². The molecule has 1 aliphatic carbocycles. The van der Waals surface area contributed by atoms with Crippen molar-refractivity contribution in [2.45, 2.75) is 156 Å². The van der Waals surface area contributed by atoms with Crippen molar-refractivity contribution < 1.29 is 59.1 Å². The number of aliphatic hydroxyl groups excluding tert-OH is 6. The minimum absolute atomic E-state index is 0.0673. The number of rotatable bonds is 15. The molecule has 258 valence electrons.